The van der Waals surface area contributed by atoms with Crippen molar-refractivity contribution in [1.29, 1.82) is 5.26 Å². The van der Waals surface area contributed by atoms with Crippen molar-refractivity contribution in [3.63, 3.8) is 0 Å². The minimum atomic E-state index is -3.70. The molecule has 27 heavy (non-hydrogen) atoms. The first kappa shape index (κ1) is 19.0. The fraction of sp³-hybridized carbons (Fsp3) is 0.263. The lowest BCUT2D eigenvalue weighted by atomic mass is 9.97. The molecule has 1 aliphatic rings. The number of nitrogens with zero attached hydrogens (tertiary/aromatic N) is 2. The van der Waals surface area contributed by atoms with E-state index in [1.54, 1.807) is 24.3 Å². The molecule has 1 aliphatic heterocycles. The van der Waals surface area contributed by atoms with Crippen LogP contribution >= 0.6 is 0 Å². The van der Waals surface area contributed by atoms with Crippen molar-refractivity contribution in [1.82, 2.24) is 4.31 Å². The number of benzene rings is 2. The lowest BCUT2D eigenvalue weighted by Crippen LogP contribution is -2.41. The highest BCUT2D eigenvalue weighted by Crippen LogP contribution is 2.25. The summed E-state index contributed by atoms with van der Waals surface area (Å²) >= 11 is 0. The number of piperidine rings is 1. The molecule has 0 spiro atoms. The summed E-state index contributed by atoms with van der Waals surface area (Å²) in [4.78, 5) is 12.5. The molecule has 0 radical (unpaired) electrons. The maximum atomic E-state index is 13.0. The summed E-state index contributed by atoms with van der Waals surface area (Å²) in [5.74, 6) is -0.996. The number of hydrogen-bond donors (Lipinski definition) is 1. The predicted octanol–water partition coefficient (Wildman–Crippen LogP) is 2.74. The van der Waals surface area contributed by atoms with E-state index < -0.39 is 15.8 Å². The van der Waals surface area contributed by atoms with Crippen LogP contribution in [0.1, 0.15) is 18.4 Å². The van der Waals surface area contributed by atoms with E-state index in [4.69, 9.17) is 5.26 Å². The van der Waals surface area contributed by atoms with E-state index in [9.17, 15) is 17.6 Å². The molecule has 0 unspecified atom stereocenters. The molecule has 6 nitrogen and oxygen atoms in total. The van der Waals surface area contributed by atoms with E-state index >= 15 is 0 Å². The zero-order valence-electron chi connectivity index (χ0n) is 14.4. The second kappa shape index (κ2) is 7.86. The van der Waals surface area contributed by atoms with E-state index in [1.165, 1.54) is 16.4 Å². The lowest BCUT2D eigenvalue weighted by Gasteiger charge is -2.30. The Balaban J connectivity index is 1.62. The van der Waals surface area contributed by atoms with Gasteiger partial charge in [0, 0.05) is 24.7 Å². The third-order valence-corrected chi connectivity index (χ3v) is 6.45. The summed E-state index contributed by atoms with van der Waals surface area (Å²) in [6.45, 7) is 0.437. The van der Waals surface area contributed by atoms with Gasteiger partial charge in [-0.15, -0.1) is 0 Å². The molecule has 0 atom stereocenters. The van der Waals surface area contributed by atoms with Gasteiger partial charge in [-0.1, -0.05) is 6.07 Å². The van der Waals surface area contributed by atoms with E-state index in [0.29, 0.717) is 24.1 Å². The summed E-state index contributed by atoms with van der Waals surface area (Å²) in [5.41, 5.74) is 0.994. The van der Waals surface area contributed by atoms with Gasteiger partial charge in [0.2, 0.25) is 15.9 Å². The molecule has 140 valence electrons. The van der Waals surface area contributed by atoms with Crippen LogP contribution in [0.2, 0.25) is 0 Å². The topological polar surface area (TPSA) is 90.3 Å². The Morgan fingerprint density at radius 2 is 1.81 bits per heavy atom. The summed E-state index contributed by atoms with van der Waals surface area (Å²) in [6.07, 6.45) is 0.786. The van der Waals surface area contributed by atoms with Crippen LogP contribution in [0.5, 0.6) is 0 Å². The minimum absolute atomic E-state index is 0.0418. The number of carbonyl (C=O) groups is 1. The van der Waals surface area contributed by atoms with Crippen molar-refractivity contribution < 1.29 is 17.6 Å². The van der Waals surface area contributed by atoms with Crippen LogP contribution in [0, 0.1) is 23.1 Å². The predicted molar refractivity (Wildman–Crippen MR) is 97.7 cm³/mol. The minimum Gasteiger partial charge on any atom is -0.326 e. The van der Waals surface area contributed by atoms with Crippen molar-refractivity contribution in [2.45, 2.75) is 17.7 Å². The highest BCUT2D eigenvalue weighted by atomic mass is 32.2. The van der Waals surface area contributed by atoms with Gasteiger partial charge in [-0.3, -0.25) is 4.79 Å². The van der Waals surface area contributed by atoms with Gasteiger partial charge in [0.1, 0.15) is 5.82 Å². The Bertz CT molecular complexity index is 976. The lowest BCUT2D eigenvalue weighted by molar-refractivity contribution is -0.120. The first-order valence-electron chi connectivity index (χ1n) is 8.47. The molecule has 1 fully saturated rings. The molecule has 0 aliphatic carbocycles. The second-order valence-corrected chi connectivity index (χ2v) is 8.25. The molecular formula is C19H18FN3O3S. The van der Waals surface area contributed by atoms with Gasteiger partial charge in [-0.05, 0) is 55.3 Å². The molecule has 3 rings (SSSR count). The van der Waals surface area contributed by atoms with E-state index in [0.717, 1.165) is 12.1 Å². The molecule has 0 aromatic heterocycles. The van der Waals surface area contributed by atoms with Crippen molar-refractivity contribution in [3.05, 3.63) is 59.9 Å². The monoisotopic (exact) mass is 387 g/mol. The third kappa shape index (κ3) is 4.32. The van der Waals surface area contributed by atoms with Crippen LogP contribution < -0.4 is 5.32 Å². The van der Waals surface area contributed by atoms with Gasteiger partial charge < -0.3 is 5.32 Å². The number of nitrogens with one attached hydrogen (secondary N) is 1. The van der Waals surface area contributed by atoms with Crippen LogP contribution in [0.15, 0.2) is 53.4 Å². The zero-order valence-corrected chi connectivity index (χ0v) is 15.2. The highest BCUT2D eigenvalue weighted by Gasteiger charge is 2.32. The van der Waals surface area contributed by atoms with E-state index in [-0.39, 0.29) is 29.8 Å². The fourth-order valence-corrected chi connectivity index (χ4v) is 4.49. The Hall–Kier alpha value is -2.76. The Morgan fingerprint density at radius 3 is 2.44 bits per heavy atom. The number of nitriles is 1. The maximum absolute atomic E-state index is 13.0. The van der Waals surface area contributed by atoms with Gasteiger partial charge in [-0.2, -0.15) is 9.57 Å². The summed E-state index contributed by atoms with van der Waals surface area (Å²) in [7, 11) is -3.70. The molecule has 8 heteroatoms. The number of rotatable bonds is 4. The Morgan fingerprint density at radius 1 is 1.15 bits per heavy atom. The number of sulfonamides is 1. The molecule has 0 saturated carbocycles. The Labute approximate surface area is 157 Å². The smallest absolute Gasteiger partial charge is 0.243 e. The molecule has 1 heterocycles. The molecule has 1 amide bonds. The van der Waals surface area contributed by atoms with Crippen LogP contribution in [-0.2, 0) is 14.8 Å². The SMILES string of the molecule is N#Cc1cccc(NC(=O)C2CCN(S(=O)(=O)c3ccc(F)cc3)CC2)c1. The first-order chi connectivity index (χ1) is 12.9. The fourth-order valence-electron chi connectivity index (χ4n) is 3.02. The van der Waals surface area contributed by atoms with Gasteiger partial charge in [0.15, 0.2) is 0 Å². The van der Waals surface area contributed by atoms with Crippen LogP contribution in [0.4, 0.5) is 10.1 Å². The largest absolute Gasteiger partial charge is 0.326 e. The molecule has 2 aromatic rings. The van der Waals surface area contributed by atoms with Crippen LogP contribution in [-0.4, -0.2) is 31.7 Å². The molecular weight excluding hydrogens is 369 g/mol. The average Bonchev–Trinajstić information content (AvgIpc) is 2.68. The molecule has 2 aromatic carbocycles. The second-order valence-electron chi connectivity index (χ2n) is 6.31. The van der Waals surface area contributed by atoms with Crippen LogP contribution in [0.25, 0.3) is 0 Å². The van der Waals surface area contributed by atoms with Crippen molar-refractivity contribution in [3.8, 4) is 6.07 Å². The number of hydrogen-bond acceptors (Lipinski definition) is 4. The van der Waals surface area contributed by atoms with Gasteiger partial charge in [-0.25, -0.2) is 12.8 Å². The molecule has 1 saturated heterocycles. The quantitative estimate of drug-likeness (QED) is 0.873. The highest BCUT2D eigenvalue weighted by molar-refractivity contribution is 7.89. The number of halogens is 1. The maximum Gasteiger partial charge on any atom is 0.243 e. The zero-order chi connectivity index (χ0) is 19.4. The van der Waals surface area contributed by atoms with Crippen molar-refractivity contribution >= 4 is 21.6 Å². The van der Waals surface area contributed by atoms with E-state index in [2.05, 4.69) is 5.32 Å². The van der Waals surface area contributed by atoms with Gasteiger partial charge >= 0.3 is 0 Å². The summed E-state index contributed by atoms with van der Waals surface area (Å²) in [6, 6.07) is 13.3. The number of carbonyl (C=O) groups excluding carboxylic acids is 1. The van der Waals surface area contributed by atoms with Crippen LogP contribution in [0.3, 0.4) is 0 Å². The first-order valence-corrected chi connectivity index (χ1v) is 9.91. The Kier molecular flexibility index (Phi) is 5.54. The van der Waals surface area contributed by atoms with E-state index in [1.807, 2.05) is 6.07 Å². The molecule has 0 bridgehead atoms. The summed E-state index contributed by atoms with van der Waals surface area (Å²) < 4.78 is 39.6. The van der Waals surface area contributed by atoms with Crippen molar-refractivity contribution in [2.75, 3.05) is 18.4 Å². The number of amides is 1. The van der Waals surface area contributed by atoms with Gasteiger partial charge in [0.05, 0.1) is 16.5 Å². The standard InChI is InChI=1S/C19H18FN3O3S/c20-16-4-6-18(7-5-16)27(25,26)23-10-8-15(9-11-23)19(24)22-17-3-1-2-14(12-17)13-21/h1-7,12,15H,8-11H2,(H,22,24). The summed E-state index contributed by atoms with van der Waals surface area (Å²) in [5, 5.41) is 11.7. The van der Waals surface area contributed by atoms with Crippen molar-refractivity contribution in [2.24, 2.45) is 5.92 Å². The number of anilines is 1. The third-order valence-electron chi connectivity index (χ3n) is 4.54. The molecule has 1 N–H and O–H groups in total. The normalized spacial score (nSPS) is 15.9. The average molecular weight is 387 g/mol. The van der Waals surface area contributed by atoms with Gasteiger partial charge in [0.25, 0.3) is 0 Å².